The first-order valence-electron chi connectivity index (χ1n) is 7.81. The second-order valence-electron chi connectivity index (χ2n) is 5.33. The largest absolute Gasteiger partial charge is 0.313 e. The molecule has 0 aromatic heterocycles. The van der Waals surface area contributed by atoms with Crippen LogP contribution in [-0.2, 0) is 0 Å². The summed E-state index contributed by atoms with van der Waals surface area (Å²) in [6.07, 6.45) is 4.91. The Morgan fingerprint density at radius 3 is 2.30 bits per heavy atom. The van der Waals surface area contributed by atoms with Gasteiger partial charge in [0.1, 0.15) is 5.82 Å². The number of benzene rings is 1. The zero-order chi connectivity index (χ0) is 14.8. The fourth-order valence-corrected chi connectivity index (χ4v) is 3.29. The first-order chi connectivity index (χ1) is 9.69. The Morgan fingerprint density at radius 1 is 1.10 bits per heavy atom. The molecule has 1 N–H and O–H groups in total. The zero-order valence-electron chi connectivity index (χ0n) is 13.0. The summed E-state index contributed by atoms with van der Waals surface area (Å²) in [7, 11) is 0. The van der Waals surface area contributed by atoms with Crippen LogP contribution in [0, 0.1) is 11.7 Å². The van der Waals surface area contributed by atoms with Gasteiger partial charge in [0, 0.05) is 16.7 Å². The van der Waals surface area contributed by atoms with Crippen molar-refractivity contribution in [1.29, 1.82) is 0 Å². The van der Waals surface area contributed by atoms with Gasteiger partial charge in [-0.1, -0.05) is 33.6 Å². The summed E-state index contributed by atoms with van der Waals surface area (Å²) in [4.78, 5) is 1.15. The van der Waals surface area contributed by atoms with Crippen molar-refractivity contribution in [3.05, 3.63) is 30.1 Å². The summed E-state index contributed by atoms with van der Waals surface area (Å²) in [5, 5.41) is 3.66. The Bertz CT molecular complexity index is 349. The number of thioether (sulfide) groups is 1. The fraction of sp³-hybridized carbons (Fsp3) is 0.647. The monoisotopic (exact) mass is 297 g/mol. The second-order valence-corrected chi connectivity index (χ2v) is 6.43. The maximum absolute atomic E-state index is 12.9. The van der Waals surface area contributed by atoms with Crippen molar-refractivity contribution in [2.24, 2.45) is 5.92 Å². The number of rotatable bonds is 10. The lowest BCUT2D eigenvalue weighted by Crippen LogP contribution is -2.33. The molecule has 0 aliphatic carbocycles. The highest BCUT2D eigenvalue weighted by molar-refractivity contribution is 7.99. The van der Waals surface area contributed by atoms with Crippen molar-refractivity contribution < 1.29 is 4.39 Å². The minimum absolute atomic E-state index is 0.160. The van der Waals surface area contributed by atoms with E-state index in [9.17, 15) is 4.39 Å². The van der Waals surface area contributed by atoms with Gasteiger partial charge in [0.2, 0.25) is 0 Å². The van der Waals surface area contributed by atoms with Gasteiger partial charge >= 0.3 is 0 Å². The molecule has 0 bridgehead atoms. The molecule has 1 atom stereocenters. The van der Waals surface area contributed by atoms with E-state index in [0.29, 0.717) is 6.04 Å². The molecule has 0 saturated heterocycles. The lowest BCUT2D eigenvalue weighted by atomic mass is 9.95. The molecule has 0 saturated carbocycles. The van der Waals surface area contributed by atoms with E-state index in [4.69, 9.17) is 0 Å². The van der Waals surface area contributed by atoms with Crippen LogP contribution in [0.2, 0.25) is 0 Å². The van der Waals surface area contributed by atoms with Crippen molar-refractivity contribution in [3.63, 3.8) is 0 Å². The minimum Gasteiger partial charge on any atom is -0.313 e. The van der Waals surface area contributed by atoms with Crippen molar-refractivity contribution in [2.75, 3.05) is 12.3 Å². The maximum atomic E-state index is 12.9. The zero-order valence-corrected chi connectivity index (χ0v) is 13.8. The van der Waals surface area contributed by atoms with Crippen molar-refractivity contribution in [3.8, 4) is 0 Å². The molecule has 0 fully saturated rings. The van der Waals surface area contributed by atoms with Crippen molar-refractivity contribution in [2.45, 2.75) is 57.4 Å². The number of hydrogen-bond donors (Lipinski definition) is 1. The third-order valence-corrected chi connectivity index (χ3v) is 4.89. The minimum atomic E-state index is -0.160. The van der Waals surface area contributed by atoms with E-state index in [2.05, 4.69) is 26.1 Å². The summed E-state index contributed by atoms with van der Waals surface area (Å²) >= 11 is 1.82. The Balaban J connectivity index is 2.48. The molecule has 0 aliphatic heterocycles. The second kappa shape index (κ2) is 10.2. The summed E-state index contributed by atoms with van der Waals surface area (Å²) < 4.78 is 12.9. The maximum Gasteiger partial charge on any atom is 0.123 e. The molecule has 1 rings (SSSR count). The Kier molecular flexibility index (Phi) is 8.95. The van der Waals surface area contributed by atoms with E-state index < -0.39 is 0 Å². The first-order valence-corrected chi connectivity index (χ1v) is 8.79. The average molecular weight is 297 g/mol. The summed E-state index contributed by atoms with van der Waals surface area (Å²) in [5.41, 5.74) is 0. The Morgan fingerprint density at radius 2 is 1.75 bits per heavy atom. The molecule has 0 heterocycles. The van der Waals surface area contributed by atoms with Gasteiger partial charge in [0.15, 0.2) is 0 Å². The van der Waals surface area contributed by atoms with Crippen LogP contribution in [-0.4, -0.2) is 18.3 Å². The van der Waals surface area contributed by atoms with E-state index in [1.165, 1.54) is 37.8 Å². The van der Waals surface area contributed by atoms with Gasteiger partial charge < -0.3 is 5.32 Å². The topological polar surface area (TPSA) is 12.0 Å². The molecule has 114 valence electrons. The smallest absolute Gasteiger partial charge is 0.123 e. The van der Waals surface area contributed by atoms with Gasteiger partial charge in [-0.3, -0.25) is 0 Å². The molecular weight excluding hydrogens is 269 g/mol. The van der Waals surface area contributed by atoms with E-state index in [1.807, 2.05) is 23.9 Å². The average Bonchev–Trinajstić information content (AvgIpc) is 2.48. The van der Waals surface area contributed by atoms with E-state index in [1.54, 1.807) is 0 Å². The highest BCUT2D eigenvalue weighted by Gasteiger charge is 2.14. The van der Waals surface area contributed by atoms with Crippen LogP contribution in [0.1, 0.15) is 46.5 Å². The van der Waals surface area contributed by atoms with Crippen LogP contribution in [0.25, 0.3) is 0 Å². The van der Waals surface area contributed by atoms with Crippen LogP contribution in [0.4, 0.5) is 4.39 Å². The fourth-order valence-electron chi connectivity index (χ4n) is 2.31. The SMILES string of the molecule is CCCNC(CSc1ccc(F)cc1)CC(CC)CC. The van der Waals surface area contributed by atoms with Crippen LogP contribution in [0.15, 0.2) is 29.2 Å². The van der Waals surface area contributed by atoms with Gasteiger partial charge in [-0.2, -0.15) is 0 Å². The lowest BCUT2D eigenvalue weighted by Gasteiger charge is -2.23. The molecule has 3 heteroatoms. The highest BCUT2D eigenvalue weighted by atomic mass is 32.2. The quantitative estimate of drug-likeness (QED) is 0.602. The molecule has 0 amide bonds. The summed E-state index contributed by atoms with van der Waals surface area (Å²) in [6.45, 7) is 7.83. The van der Waals surface area contributed by atoms with Gasteiger partial charge in [0.05, 0.1) is 0 Å². The lowest BCUT2D eigenvalue weighted by molar-refractivity contribution is 0.384. The van der Waals surface area contributed by atoms with E-state index >= 15 is 0 Å². The molecule has 1 nitrogen and oxygen atoms in total. The van der Waals surface area contributed by atoms with Gasteiger partial charge in [0.25, 0.3) is 0 Å². The predicted molar refractivity (Wildman–Crippen MR) is 87.9 cm³/mol. The third kappa shape index (κ3) is 6.76. The third-order valence-electron chi connectivity index (χ3n) is 3.72. The van der Waals surface area contributed by atoms with Crippen LogP contribution in [0.3, 0.4) is 0 Å². The number of halogens is 1. The van der Waals surface area contributed by atoms with Crippen molar-refractivity contribution in [1.82, 2.24) is 5.32 Å². The number of nitrogens with one attached hydrogen (secondary N) is 1. The highest BCUT2D eigenvalue weighted by Crippen LogP contribution is 2.23. The molecule has 0 radical (unpaired) electrons. The molecule has 1 aromatic carbocycles. The van der Waals surface area contributed by atoms with Crippen LogP contribution >= 0.6 is 11.8 Å². The first kappa shape index (κ1) is 17.5. The van der Waals surface area contributed by atoms with Gasteiger partial charge in [-0.05, 0) is 49.6 Å². The molecule has 0 spiro atoms. The summed E-state index contributed by atoms with van der Waals surface area (Å²) in [5.74, 6) is 1.70. The van der Waals surface area contributed by atoms with Gasteiger partial charge in [-0.15, -0.1) is 11.8 Å². The molecule has 20 heavy (non-hydrogen) atoms. The number of hydrogen-bond acceptors (Lipinski definition) is 2. The molecule has 1 unspecified atom stereocenters. The van der Waals surface area contributed by atoms with Crippen LogP contribution in [0.5, 0.6) is 0 Å². The summed E-state index contributed by atoms with van der Waals surface area (Å²) in [6, 6.07) is 7.37. The molecule has 1 aromatic rings. The molecular formula is C17H28FNS. The van der Waals surface area contributed by atoms with Gasteiger partial charge in [-0.25, -0.2) is 4.39 Å². The predicted octanol–water partition coefficient (Wildman–Crippen LogP) is 5.11. The molecule has 0 aliphatic rings. The Hall–Kier alpha value is -0.540. The Labute approximate surface area is 127 Å². The van der Waals surface area contributed by atoms with E-state index in [0.717, 1.165) is 23.1 Å². The van der Waals surface area contributed by atoms with Crippen molar-refractivity contribution >= 4 is 11.8 Å². The van der Waals surface area contributed by atoms with Crippen LogP contribution < -0.4 is 5.32 Å². The standard InChI is InChI=1S/C17H28FNS/c1-4-11-19-16(12-14(5-2)6-3)13-20-17-9-7-15(18)8-10-17/h7-10,14,16,19H,4-6,11-13H2,1-3H3. The normalized spacial score (nSPS) is 12.8. The van der Waals surface area contributed by atoms with E-state index in [-0.39, 0.29) is 5.82 Å².